The molecule has 1 rings (SSSR count). The van der Waals surface area contributed by atoms with Crippen molar-refractivity contribution in [3.63, 3.8) is 0 Å². The quantitative estimate of drug-likeness (QED) is 0.526. The van der Waals surface area contributed by atoms with Gasteiger partial charge in [0, 0.05) is 1.43 Å². The Hall–Kier alpha value is 0. The Labute approximate surface area is 111 Å². The molecule has 1 aliphatic rings. The molecule has 0 aromatic heterocycles. The molecular weight excluding hydrogens is 204 g/mol. The normalized spacial score (nSPS) is 36.0. The van der Waals surface area contributed by atoms with Crippen LogP contribution in [0.5, 0.6) is 0 Å². The first-order valence-electron chi connectivity index (χ1n) is 7.57. The fourth-order valence-corrected chi connectivity index (χ4v) is 4.15. The van der Waals surface area contributed by atoms with E-state index in [4.69, 9.17) is 0 Å². The standard InChI is InChI=1S/C17H34.H2/c1-9-13-14(16(3,4)5)10-12(2)11-15(13)17(6,7)8;/h12-15H,9-11H2,1-8H3;1H. The van der Waals surface area contributed by atoms with E-state index in [0.29, 0.717) is 10.8 Å². The molecule has 17 heavy (non-hydrogen) atoms. The summed E-state index contributed by atoms with van der Waals surface area (Å²) in [4.78, 5) is 0. The van der Waals surface area contributed by atoms with Gasteiger partial charge in [0.15, 0.2) is 0 Å². The van der Waals surface area contributed by atoms with Crippen LogP contribution >= 0.6 is 0 Å². The zero-order valence-electron chi connectivity index (χ0n) is 13.4. The smallest absolute Gasteiger partial charge is 0 e. The molecule has 2 unspecified atom stereocenters. The molecule has 0 N–H and O–H groups in total. The molecule has 0 aromatic rings. The van der Waals surface area contributed by atoms with Gasteiger partial charge in [0.1, 0.15) is 0 Å². The Morgan fingerprint density at radius 2 is 1.24 bits per heavy atom. The van der Waals surface area contributed by atoms with Crippen LogP contribution in [-0.2, 0) is 0 Å². The van der Waals surface area contributed by atoms with Gasteiger partial charge in [-0.1, -0.05) is 61.8 Å². The van der Waals surface area contributed by atoms with Crippen molar-refractivity contribution >= 4 is 0 Å². The molecule has 0 saturated heterocycles. The fraction of sp³-hybridized carbons (Fsp3) is 1.00. The van der Waals surface area contributed by atoms with Crippen LogP contribution in [0.25, 0.3) is 0 Å². The van der Waals surface area contributed by atoms with Crippen LogP contribution in [0, 0.1) is 34.5 Å². The Morgan fingerprint density at radius 1 is 0.882 bits per heavy atom. The zero-order chi connectivity index (χ0) is 13.4. The van der Waals surface area contributed by atoms with E-state index in [1.807, 2.05) is 0 Å². The molecule has 1 saturated carbocycles. The maximum Gasteiger partial charge on any atom is 0 e. The summed E-state index contributed by atoms with van der Waals surface area (Å²) < 4.78 is 0. The molecule has 0 bridgehead atoms. The highest BCUT2D eigenvalue weighted by Gasteiger charge is 2.44. The molecule has 0 radical (unpaired) electrons. The van der Waals surface area contributed by atoms with Gasteiger partial charge in [-0.3, -0.25) is 0 Å². The maximum absolute atomic E-state index is 2.46. The lowest BCUT2D eigenvalue weighted by atomic mass is 9.54. The van der Waals surface area contributed by atoms with Gasteiger partial charge in [-0.15, -0.1) is 0 Å². The average Bonchev–Trinajstić information content (AvgIpc) is 2.13. The third-order valence-corrected chi connectivity index (χ3v) is 5.04. The second-order valence-electron chi connectivity index (χ2n) is 8.59. The minimum absolute atomic E-state index is 0. The van der Waals surface area contributed by atoms with Crippen LogP contribution < -0.4 is 0 Å². The SMILES string of the molecule is CCC1C(C(C)(C)C)CC(C)CC1C(C)(C)C.[HH]. The van der Waals surface area contributed by atoms with E-state index in [1.54, 1.807) is 0 Å². The highest BCUT2D eigenvalue weighted by Crippen LogP contribution is 2.52. The number of rotatable bonds is 1. The molecule has 0 heterocycles. The molecular formula is C17H36. The molecule has 0 nitrogen and oxygen atoms in total. The molecule has 1 fully saturated rings. The van der Waals surface area contributed by atoms with Crippen molar-refractivity contribution in [3.05, 3.63) is 0 Å². The molecule has 104 valence electrons. The van der Waals surface area contributed by atoms with Gasteiger partial charge in [-0.05, 0) is 47.3 Å². The third-order valence-electron chi connectivity index (χ3n) is 5.04. The second kappa shape index (κ2) is 4.94. The van der Waals surface area contributed by atoms with Crippen LogP contribution in [0.15, 0.2) is 0 Å². The van der Waals surface area contributed by atoms with Crippen molar-refractivity contribution in [1.82, 2.24) is 0 Å². The highest BCUT2D eigenvalue weighted by atomic mass is 14.5. The minimum Gasteiger partial charge on any atom is -0.0651 e. The lowest BCUT2D eigenvalue weighted by molar-refractivity contribution is -0.0159. The van der Waals surface area contributed by atoms with Gasteiger partial charge >= 0.3 is 0 Å². The average molecular weight is 240 g/mol. The summed E-state index contributed by atoms with van der Waals surface area (Å²) in [6, 6.07) is 0. The van der Waals surface area contributed by atoms with Crippen molar-refractivity contribution in [2.75, 3.05) is 0 Å². The largest absolute Gasteiger partial charge is 0.0651 e. The number of hydrogen-bond donors (Lipinski definition) is 0. The van der Waals surface area contributed by atoms with E-state index in [2.05, 4.69) is 55.4 Å². The summed E-state index contributed by atoms with van der Waals surface area (Å²) in [5.74, 6) is 3.64. The molecule has 0 aromatic carbocycles. The van der Waals surface area contributed by atoms with E-state index in [1.165, 1.54) is 19.3 Å². The summed E-state index contributed by atoms with van der Waals surface area (Å²) >= 11 is 0. The monoisotopic (exact) mass is 240 g/mol. The molecule has 0 spiro atoms. The van der Waals surface area contributed by atoms with E-state index >= 15 is 0 Å². The first-order valence-corrected chi connectivity index (χ1v) is 7.57. The maximum atomic E-state index is 2.46. The summed E-state index contributed by atoms with van der Waals surface area (Å²) in [5, 5.41) is 0. The van der Waals surface area contributed by atoms with Gasteiger partial charge in [0.05, 0.1) is 0 Å². The van der Waals surface area contributed by atoms with Crippen LogP contribution in [0.2, 0.25) is 0 Å². The predicted molar refractivity (Wildman–Crippen MR) is 80.2 cm³/mol. The third kappa shape index (κ3) is 3.48. The van der Waals surface area contributed by atoms with E-state index in [-0.39, 0.29) is 1.43 Å². The number of hydrogen-bond acceptors (Lipinski definition) is 0. The van der Waals surface area contributed by atoms with Crippen molar-refractivity contribution < 1.29 is 1.43 Å². The Bertz CT molecular complexity index is 219. The van der Waals surface area contributed by atoms with Gasteiger partial charge in [0.2, 0.25) is 0 Å². The van der Waals surface area contributed by atoms with E-state index in [0.717, 1.165) is 23.7 Å². The molecule has 0 heteroatoms. The molecule has 2 atom stereocenters. The Morgan fingerprint density at radius 3 is 1.47 bits per heavy atom. The Kier molecular flexibility index (Phi) is 4.37. The Balaban J connectivity index is 0.00000289. The fourth-order valence-electron chi connectivity index (χ4n) is 4.15. The van der Waals surface area contributed by atoms with Gasteiger partial charge in [0.25, 0.3) is 0 Å². The van der Waals surface area contributed by atoms with E-state index in [9.17, 15) is 0 Å². The van der Waals surface area contributed by atoms with Crippen molar-refractivity contribution in [2.24, 2.45) is 34.5 Å². The first-order chi connectivity index (χ1) is 7.57. The summed E-state index contributed by atoms with van der Waals surface area (Å²) in [6.07, 6.45) is 4.24. The van der Waals surface area contributed by atoms with Gasteiger partial charge in [-0.25, -0.2) is 0 Å². The lowest BCUT2D eigenvalue weighted by Crippen LogP contribution is -2.43. The molecule has 0 amide bonds. The van der Waals surface area contributed by atoms with Crippen LogP contribution in [0.1, 0.15) is 76.1 Å². The van der Waals surface area contributed by atoms with Crippen molar-refractivity contribution in [3.8, 4) is 0 Å². The van der Waals surface area contributed by atoms with Gasteiger partial charge < -0.3 is 0 Å². The highest BCUT2D eigenvalue weighted by molar-refractivity contribution is 4.93. The molecule has 1 aliphatic carbocycles. The predicted octanol–water partition coefficient (Wildman–Crippen LogP) is 6.01. The minimum atomic E-state index is 0. The first kappa shape index (κ1) is 15.1. The summed E-state index contributed by atoms with van der Waals surface area (Å²) in [5.41, 5.74) is 0.942. The summed E-state index contributed by atoms with van der Waals surface area (Å²) in [7, 11) is 0. The van der Waals surface area contributed by atoms with Gasteiger partial charge in [-0.2, -0.15) is 0 Å². The lowest BCUT2D eigenvalue weighted by Gasteiger charge is -2.51. The van der Waals surface area contributed by atoms with Crippen LogP contribution in [-0.4, -0.2) is 0 Å². The zero-order valence-corrected chi connectivity index (χ0v) is 13.4. The second-order valence-corrected chi connectivity index (χ2v) is 8.59. The van der Waals surface area contributed by atoms with Crippen molar-refractivity contribution in [2.45, 2.75) is 74.7 Å². The van der Waals surface area contributed by atoms with Crippen molar-refractivity contribution in [1.29, 1.82) is 0 Å². The van der Waals surface area contributed by atoms with Crippen LogP contribution in [0.4, 0.5) is 0 Å². The molecule has 0 aliphatic heterocycles. The topological polar surface area (TPSA) is 0 Å². The van der Waals surface area contributed by atoms with Crippen LogP contribution in [0.3, 0.4) is 0 Å². The van der Waals surface area contributed by atoms with E-state index < -0.39 is 0 Å². The summed E-state index contributed by atoms with van der Waals surface area (Å²) in [6.45, 7) is 19.5.